The number of aryl methyl sites for hydroxylation is 1. The standard InChI is InChI=1S/C14H20F3N/c1-11-6-5-7-13(10-11)12(2)18-9-4-3-8-14(15,16)17/h5-7,10,12,18H,3-4,8-9H2,1-2H3. The van der Waals surface area contributed by atoms with Crippen LogP contribution in [0.15, 0.2) is 24.3 Å². The Morgan fingerprint density at radius 1 is 1.22 bits per heavy atom. The lowest BCUT2D eigenvalue weighted by Gasteiger charge is -2.15. The van der Waals surface area contributed by atoms with Crippen LogP contribution in [0.2, 0.25) is 0 Å². The third-order valence-corrected chi connectivity index (χ3v) is 2.88. The van der Waals surface area contributed by atoms with Crippen LogP contribution in [0, 0.1) is 6.92 Å². The third kappa shape index (κ3) is 6.05. The number of rotatable bonds is 6. The minimum Gasteiger partial charge on any atom is -0.310 e. The summed E-state index contributed by atoms with van der Waals surface area (Å²) in [5.74, 6) is 0. The van der Waals surface area contributed by atoms with Crippen LogP contribution in [0.25, 0.3) is 0 Å². The molecule has 0 saturated carbocycles. The fraction of sp³-hybridized carbons (Fsp3) is 0.571. The summed E-state index contributed by atoms with van der Waals surface area (Å²) >= 11 is 0. The molecule has 1 nitrogen and oxygen atoms in total. The highest BCUT2D eigenvalue weighted by Gasteiger charge is 2.25. The first-order valence-corrected chi connectivity index (χ1v) is 6.25. The van der Waals surface area contributed by atoms with Crippen molar-refractivity contribution in [3.05, 3.63) is 35.4 Å². The first-order valence-electron chi connectivity index (χ1n) is 6.25. The molecule has 0 spiro atoms. The zero-order valence-corrected chi connectivity index (χ0v) is 10.8. The van der Waals surface area contributed by atoms with E-state index in [-0.39, 0.29) is 12.5 Å². The lowest BCUT2D eigenvalue weighted by atomic mass is 10.1. The largest absolute Gasteiger partial charge is 0.389 e. The van der Waals surface area contributed by atoms with Crippen molar-refractivity contribution in [3.63, 3.8) is 0 Å². The molecule has 4 heteroatoms. The summed E-state index contributed by atoms with van der Waals surface area (Å²) in [4.78, 5) is 0. The fourth-order valence-electron chi connectivity index (χ4n) is 1.83. The molecule has 0 heterocycles. The maximum absolute atomic E-state index is 11.9. The average molecular weight is 259 g/mol. The zero-order chi connectivity index (χ0) is 13.6. The lowest BCUT2D eigenvalue weighted by molar-refractivity contribution is -0.135. The number of hydrogen-bond donors (Lipinski definition) is 1. The summed E-state index contributed by atoms with van der Waals surface area (Å²) in [6.07, 6.45) is -3.97. The second kappa shape index (κ2) is 6.78. The molecule has 102 valence electrons. The molecule has 1 atom stereocenters. The van der Waals surface area contributed by atoms with Gasteiger partial charge in [0.25, 0.3) is 0 Å². The van der Waals surface area contributed by atoms with E-state index in [0.717, 1.165) is 0 Å². The Balaban J connectivity index is 2.23. The van der Waals surface area contributed by atoms with Crippen LogP contribution in [0.3, 0.4) is 0 Å². The Morgan fingerprint density at radius 3 is 2.56 bits per heavy atom. The minimum absolute atomic E-state index is 0.177. The van der Waals surface area contributed by atoms with Gasteiger partial charge in [-0.25, -0.2) is 0 Å². The van der Waals surface area contributed by atoms with Gasteiger partial charge in [0.15, 0.2) is 0 Å². The predicted octanol–water partition coefficient (Wildman–Crippen LogP) is 4.38. The smallest absolute Gasteiger partial charge is 0.310 e. The Morgan fingerprint density at radius 2 is 1.94 bits per heavy atom. The summed E-state index contributed by atoms with van der Waals surface area (Å²) in [6, 6.07) is 8.32. The van der Waals surface area contributed by atoms with Gasteiger partial charge < -0.3 is 5.32 Å². The van der Waals surface area contributed by atoms with Gasteiger partial charge in [0.05, 0.1) is 0 Å². The van der Waals surface area contributed by atoms with Crippen molar-refractivity contribution in [1.29, 1.82) is 0 Å². The van der Waals surface area contributed by atoms with Crippen molar-refractivity contribution < 1.29 is 13.2 Å². The van der Waals surface area contributed by atoms with Gasteiger partial charge in [-0.15, -0.1) is 0 Å². The van der Waals surface area contributed by atoms with Crippen LogP contribution < -0.4 is 5.32 Å². The van der Waals surface area contributed by atoms with E-state index in [9.17, 15) is 13.2 Å². The number of alkyl halides is 3. The SMILES string of the molecule is Cc1cccc(C(C)NCCCCC(F)(F)F)c1. The Kier molecular flexibility index (Phi) is 5.66. The van der Waals surface area contributed by atoms with Crippen LogP contribution >= 0.6 is 0 Å². The van der Waals surface area contributed by atoms with E-state index >= 15 is 0 Å². The predicted molar refractivity (Wildman–Crippen MR) is 67.5 cm³/mol. The maximum atomic E-state index is 11.9. The first kappa shape index (κ1) is 15.0. The van der Waals surface area contributed by atoms with Gasteiger partial charge in [-0.2, -0.15) is 13.2 Å². The molecular weight excluding hydrogens is 239 g/mol. The van der Waals surface area contributed by atoms with E-state index in [0.29, 0.717) is 13.0 Å². The Labute approximate surface area is 106 Å². The molecule has 0 bridgehead atoms. The van der Waals surface area contributed by atoms with Crippen LogP contribution in [-0.2, 0) is 0 Å². The van der Waals surface area contributed by atoms with Gasteiger partial charge in [-0.05, 0) is 38.8 Å². The summed E-state index contributed by atoms with van der Waals surface area (Å²) < 4.78 is 35.8. The van der Waals surface area contributed by atoms with Crippen LogP contribution in [-0.4, -0.2) is 12.7 Å². The second-order valence-corrected chi connectivity index (χ2v) is 4.66. The number of halogens is 3. The topological polar surface area (TPSA) is 12.0 Å². The van der Waals surface area contributed by atoms with Crippen molar-refractivity contribution in [2.24, 2.45) is 0 Å². The molecule has 1 aromatic carbocycles. The highest BCUT2D eigenvalue weighted by atomic mass is 19.4. The van der Waals surface area contributed by atoms with Crippen LogP contribution in [0.5, 0.6) is 0 Å². The van der Waals surface area contributed by atoms with Crippen molar-refractivity contribution in [2.75, 3.05) is 6.54 Å². The maximum Gasteiger partial charge on any atom is 0.389 e. The molecule has 1 N–H and O–H groups in total. The highest BCUT2D eigenvalue weighted by molar-refractivity contribution is 5.24. The monoisotopic (exact) mass is 259 g/mol. The average Bonchev–Trinajstić information content (AvgIpc) is 2.26. The van der Waals surface area contributed by atoms with Crippen molar-refractivity contribution in [1.82, 2.24) is 5.32 Å². The molecule has 1 rings (SSSR count). The van der Waals surface area contributed by atoms with E-state index in [1.54, 1.807) is 0 Å². The molecule has 0 aliphatic rings. The molecule has 0 amide bonds. The van der Waals surface area contributed by atoms with Gasteiger partial charge >= 0.3 is 6.18 Å². The lowest BCUT2D eigenvalue weighted by Crippen LogP contribution is -2.20. The van der Waals surface area contributed by atoms with Crippen LogP contribution in [0.4, 0.5) is 13.2 Å². The molecule has 0 aliphatic heterocycles. The molecule has 0 fully saturated rings. The van der Waals surface area contributed by atoms with Gasteiger partial charge in [-0.1, -0.05) is 29.8 Å². The van der Waals surface area contributed by atoms with Crippen molar-refractivity contribution in [2.45, 2.75) is 45.3 Å². The fourth-order valence-corrected chi connectivity index (χ4v) is 1.83. The molecule has 1 unspecified atom stereocenters. The number of nitrogens with one attached hydrogen (secondary N) is 1. The van der Waals surface area contributed by atoms with E-state index in [4.69, 9.17) is 0 Å². The second-order valence-electron chi connectivity index (χ2n) is 4.66. The zero-order valence-electron chi connectivity index (χ0n) is 10.8. The van der Waals surface area contributed by atoms with Gasteiger partial charge in [0.2, 0.25) is 0 Å². The molecule has 0 saturated heterocycles. The molecule has 18 heavy (non-hydrogen) atoms. The highest BCUT2D eigenvalue weighted by Crippen LogP contribution is 2.22. The summed E-state index contributed by atoms with van der Waals surface area (Å²) in [7, 11) is 0. The minimum atomic E-state index is -4.03. The summed E-state index contributed by atoms with van der Waals surface area (Å²) in [6.45, 7) is 4.67. The quantitative estimate of drug-likeness (QED) is 0.748. The Hall–Kier alpha value is -1.03. The molecular formula is C14H20F3N. The number of unbranched alkanes of at least 4 members (excludes halogenated alkanes) is 1. The van der Waals surface area contributed by atoms with Gasteiger partial charge in [-0.3, -0.25) is 0 Å². The molecule has 0 aliphatic carbocycles. The number of benzene rings is 1. The van der Waals surface area contributed by atoms with Crippen molar-refractivity contribution >= 4 is 0 Å². The van der Waals surface area contributed by atoms with E-state index in [1.807, 2.05) is 32.0 Å². The molecule has 0 aromatic heterocycles. The van der Waals surface area contributed by atoms with Gasteiger partial charge in [0, 0.05) is 12.5 Å². The number of hydrogen-bond acceptors (Lipinski definition) is 1. The van der Waals surface area contributed by atoms with Gasteiger partial charge in [0.1, 0.15) is 0 Å². The van der Waals surface area contributed by atoms with E-state index < -0.39 is 12.6 Å². The first-order chi connectivity index (χ1) is 8.38. The van der Waals surface area contributed by atoms with E-state index in [1.165, 1.54) is 11.1 Å². The van der Waals surface area contributed by atoms with E-state index in [2.05, 4.69) is 11.4 Å². The normalized spacial score (nSPS) is 13.6. The molecule has 0 radical (unpaired) electrons. The Bertz CT molecular complexity index is 360. The van der Waals surface area contributed by atoms with Crippen molar-refractivity contribution in [3.8, 4) is 0 Å². The molecule has 1 aromatic rings. The summed E-state index contributed by atoms with van der Waals surface area (Å²) in [5, 5.41) is 3.25. The van der Waals surface area contributed by atoms with Crippen LogP contribution in [0.1, 0.15) is 43.4 Å². The third-order valence-electron chi connectivity index (χ3n) is 2.88. The summed E-state index contributed by atoms with van der Waals surface area (Å²) in [5.41, 5.74) is 2.36.